The van der Waals surface area contributed by atoms with Crippen LogP contribution < -0.4 is 10.1 Å². The van der Waals surface area contributed by atoms with Crippen molar-refractivity contribution in [2.24, 2.45) is 0 Å². The van der Waals surface area contributed by atoms with E-state index < -0.39 is 12.1 Å². The summed E-state index contributed by atoms with van der Waals surface area (Å²) < 4.78 is 46.1. The number of halogens is 3. The van der Waals surface area contributed by atoms with Crippen LogP contribution in [0.25, 0.3) is 0 Å². The molecule has 0 heterocycles. The number of methoxy groups -OCH3 is 1. The molecule has 0 spiro atoms. The van der Waals surface area contributed by atoms with Gasteiger partial charge in [0.2, 0.25) is 0 Å². The van der Waals surface area contributed by atoms with Crippen LogP contribution in [0.3, 0.4) is 0 Å². The average molecular weight is 329 g/mol. The third-order valence-electron chi connectivity index (χ3n) is 2.63. The topological polar surface area (TPSA) is 47.6 Å². The highest BCUT2D eigenvalue weighted by Crippen LogP contribution is 2.14. The minimum atomic E-state index is -4.88. The van der Waals surface area contributed by atoms with E-state index in [1.807, 2.05) is 6.07 Å². The molecule has 1 amide bonds. The minimum absolute atomic E-state index is 0.0630. The monoisotopic (exact) mass is 329 g/mol. The normalized spacial score (nSPS) is 10.6. The van der Waals surface area contributed by atoms with Gasteiger partial charge in [0.15, 0.2) is 0 Å². The summed E-state index contributed by atoms with van der Waals surface area (Å²) in [4.78, 5) is 10.6. The molecule has 0 unspecified atom stereocenters. The van der Waals surface area contributed by atoms with Crippen molar-refractivity contribution in [1.82, 2.24) is 5.32 Å². The number of rotatable bonds is 7. The fourth-order valence-corrected chi connectivity index (χ4v) is 1.57. The molecular formula is C16H18F3NO3. The average Bonchev–Trinajstić information content (AvgIpc) is 2.50. The molecule has 0 fully saturated rings. The van der Waals surface area contributed by atoms with E-state index in [2.05, 4.69) is 11.8 Å². The summed E-state index contributed by atoms with van der Waals surface area (Å²) in [5.41, 5.74) is 0.749. The highest BCUT2D eigenvalue weighted by molar-refractivity contribution is 5.81. The van der Waals surface area contributed by atoms with E-state index in [1.165, 1.54) is 0 Å². The first-order chi connectivity index (χ1) is 10.9. The second kappa shape index (κ2) is 9.74. The smallest absolute Gasteiger partial charge is 0.471 e. The number of alkyl halides is 3. The second-order valence-corrected chi connectivity index (χ2v) is 4.53. The fourth-order valence-electron chi connectivity index (χ4n) is 1.57. The van der Waals surface area contributed by atoms with Crippen molar-refractivity contribution in [3.63, 3.8) is 0 Å². The number of hydrogen-bond acceptors (Lipinski definition) is 3. The van der Waals surface area contributed by atoms with Crippen molar-refractivity contribution in [2.75, 3.05) is 26.9 Å². The molecule has 0 aliphatic carbocycles. The van der Waals surface area contributed by atoms with Gasteiger partial charge >= 0.3 is 12.1 Å². The van der Waals surface area contributed by atoms with Crippen LogP contribution in [0.4, 0.5) is 13.2 Å². The minimum Gasteiger partial charge on any atom is -0.492 e. The van der Waals surface area contributed by atoms with Crippen LogP contribution in [0.15, 0.2) is 24.3 Å². The first-order valence-corrected chi connectivity index (χ1v) is 6.99. The molecule has 1 rings (SSSR count). The number of benzene rings is 1. The van der Waals surface area contributed by atoms with Gasteiger partial charge < -0.3 is 14.8 Å². The molecule has 0 aliphatic heterocycles. The van der Waals surface area contributed by atoms with Crippen LogP contribution >= 0.6 is 0 Å². The van der Waals surface area contributed by atoms with Gasteiger partial charge in [0.1, 0.15) is 12.4 Å². The van der Waals surface area contributed by atoms with Crippen molar-refractivity contribution in [3.05, 3.63) is 29.8 Å². The maximum absolute atomic E-state index is 12.0. The van der Waals surface area contributed by atoms with Crippen LogP contribution in [-0.2, 0) is 9.53 Å². The molecular weight excluding hydrogens is 311 g/mol. The van der Waals surface area contributed by atoms with Gasteiger partial charge in [0.25, 0.3) is 0 Å². The van der Waals surface area contributed by atoms with Crippen molar-refractivity contribution in [2.45, 2.75) is 19.0 Å². The lowest BCUT2D eigenvalue weighted by molar-refractivity contribution is -0.173. The number of ether oxygens (including phenoxy) is 2. The summed E-state index contributed by atoms with van der Waals surface area (Å²) in [6.07, 6.45) is -3.32. The van der Waals surface area contributed by atoms with E-state index in [-0.39, 0.29) is 13.2 Å². The van der Waals surface area contributed by atoms with Crippen LogP contribution in [0.5, 0.6) is 5.75 Å². The molecule has 1 aromatic rings. The maximum Gasteiger partial charge on any atom is 0.471 e. The first kappa shape index (κ1) is 18.8. The molecule has 1 aromatic carbocycles. The van der Waals surface area contributed by atoms with Crippen molar-refractivity contribution >= 4 is 5.91 Å². The molecule has 0 saturated carbocycles. The lowest BCUT2D eigenvalue weighted by Gasteiger charge is -2.09. The van der Waals surface area contributed by atoms with E-state index in [0.29, 0.717) is 18.8 Å². The summed E-state index contributed by atoms with van der Waals surface area (Å²) in [6, 6.07) is 6.90. The van der Waals surface area contributed by atoms with Gasteiger partial charge in [0, 0.05) is 25.7 Å². The number of nitrogens with one attached hydrogen (secondary N) is 1. The molecule has 0 saturated heterocycles. The second-order valence-electron chi connectivity index (χ2n) is 4.53. The van der Waals surface area contributed by atoms with Crippen LogP contribution in [-0.4, -0.2) is 39.0 Å². The highest BCUT2D eigenvalue weighted by atomic mass is 19.4. The molecule has 0 bridgehead atoms. The number of carbonyl (C=O) groups excluding carboxylic acids is 1. The molecule has 126 valence electrons. The van der Waals surface area contributed by atoms with E-state index >= 15 is 0 Å². The van der Waals surface area contributed by atoms with Gasteiger partial charge in [-0.2, -0.15) is 13.2 Å². The van der Waals surface area contributed by atoms with Gasteiger partial charge in [-0.15, -0.1) is 0 Å². The molecule has 1 N–H and O–H groups in total. The summed E-state index contributed by atoms with van der Waals surface area (Å²) >= 11 is 0. The Labute approximate surface area is 133 Å². The molecule has 23 heavy (non-hydrogen) atoms. The fraction of sp³-hybridized carbons (Fsp3) is 0.438. The third kappa shape index (κ3) is 8.12. The quantitative estimate of drug-likeness (QED) is 0.618. The highest BCUT2D eigenvalue weighted by Gasteiger charge is 2.38. The van der Waals surface area contributed by atoms with Gasteiger partial charge in [-0.05, 0) is 24.6 Å². The third-order valence-corrected chi connectivity index (χ3v) is 2.63. The van der Waals surface area contributed by atoms with E-state index in [4.69, 9.17) is 9.47 Å². The SMILES string of the molecule is COCCCC#Cc1cccc(OCCNC(=O)C(F)(F)F)c1. The Morgan fingerprint density at radius 2 is 2.09 bits per heavy atom. The Hall–Kier alpha value is -2.20. The zero-order chi connectivity index (χ0) is 17.1. The van der Waals surface area contributed by atoms with Crippen molar-refractivity contribution < 1.29 is 27.4 Å². The van der Waals surface area contributed by atoms with E-state index in [0.717, 1.165) is 12.0 Å². The predicted octanol–water partition coefficient (Wildman–Crippen LogP) is 2.52. The molecule has 0 aliphatic rings. The molecule has 0 atom stereocenters. The number of amides is 1. The number of carbonyl (C=O) groups is 1. The summed E-state index contributed by atoms with van der Waals surface area (Å²) in [5, 5.41) is 1.73. The van der Waals surface area contributed by atoms with Crippen molar-refractivity contribution in [1.29, 1.82) is 0 Å². The zero-order valence-electron chi connectivity index (χ0n) is 12.7. The Kier molecular flexibility index (Phi) is 7.98. The summed E-state index contributed by atoms with van der Waals surface area (Å²) in [5.74, 6) is 4.47. The van der Waals surface area contributed by atoms with Gasteiger partial charge in [-0.25, -0.2) is 0 Å². The Bertz CT molecular complexity index is 562. The standard InChI is InChI=1S/C16H18F3NO3/c1-22-10-4-2-3-6-13-7-5-8-14(12-13)23-11-9-20-15(21)16(17,18)19/h5,7-8,12H,2,4,9-11H2,1H3,(H,20,21). The largest absolute Gasteiger partial charge is 0.492 e. The predicted molar refractivity (Wildman–Crippen MR) is 79.0 cm³/mol. The summed E-state index contributed by atoms with van der Waals surface area (Å²) in [7, 11) is 1.63. The van der Waals surface area contributed by atoms with Gasteiger partial charge in [-0.3, -0.25) is 4.79 Å². The molecule has 0 aromatic heterocycles. The lowest BCUT2D eigenvalue weighted by Crippen LogP contribution is -2.38. The van der Waals surface area contributed by atoms with Crippen LogP contribution in [0.1, 0.15) is 18.4 Å². The molecule has 0 radical (unpaired) electrons. The van der Waals surface area contributed by atoms with Gasteiger partial charge in [-0.1, -0.05) is 17.9 Å². The lowest BCUT2D eigenvalue weighted by atomic mass is 10.2. The van der Waals surface area contributed by atoms with Gasteiger partial charge in [0.05, 0.1) is 6.54 Å². The number of hydrogen-bond donors (Lipinski definition) is 1. The maximum atomic E-state index is 12.0. The Balaban J connectivity index is 2.38. The van der Waals surface area contributed by atoms with Crippen LogP contribution in [0.2, 0.25) is 0 Å². The first-order valence-electron chi connectivity index (χ1n) is 6.99. The van der Waals surface area contributed by atoms with Crippen LogP contribution in [0, 0.1) is 11.8 Å². The Morgan fingerprint density at radius 1 is 1.30 bits per heavy atom. The number of unbranched alkanes of at least 4 members (excludes halogenated alkanes) is 1. The summed E-state index contributed by atoms with van der Waals surface area (Å²) in [6.45, 7) is 0.360. The van der Waals surface area contributed by atoms with Crippen molar-refractivity contribution in [3.8, 4) is 17.6 Å². The Morgan fingerprint density at radius 3 is 2.78 bits per heavy atom. The zero-order valence-corrected chi connectivity index (χ0v) is 12.7. The molecule has 4 nitrogen and oxygen atoms in total. The molecule has 7 heteroatoms. The van der Waals surface area contributed by atoms with E-state index in [1.54, 1.807) is 30.6 Å². The van der Waals surface area contributed by atoms with E-state index in [9.17, 15) is 18.0 Å².